The maximum absolute atomic E-state index is 12.5. The number of carbonyl (C=O) groups excluding carboxylic acids is 1. The highest BCUT2D eigenvalue weighted by molar-refractivity contribution is 5.79. The van der Waals surface area contributed by atoms with Crippen LogP contribution >= 0.6 is 0 Å². The minimum atomic E-state index is -0.798. The zero-order valence-electron chi connectivity index (χ0n) is 12.9. The molecule has 2 rings (SSSR count). The fourth-order valence-corrected chi connectivity index (χ4v) is 3.42. The van der Waals surface area contributed by atoms with Crippen LogP contribution in [-0.2, 0) is 4.79 Å². The van der Waals surface area contributed by atoms with Gasteiger partial charge >= 0.3 is 12.0 Å². The number of nitrogens with zero attached hydrogens (tertiary/aromatic N) is 2. The van der Waals surface area contributed by atoms with Crippen molar-refractivity contribution in [3.8, 4) is 0 Å². The van der Waals surface area contributed by atoms with E-state index in [4.69, 9.17) is 0 Å². The van der Waals surface area contributed by atoms with Crippen LogP contribution in [0.3, 0.4) is 0 Å². The standard InChI is InChI=1S/C15H26N2O4/c1-3-15(13(19)20)6-9-17(10-15)14(21)16-7-4-12(5-8-16)11(2)18/h11-12,18H,3-10H2,1-2H3,(H,19,20). The van der Waals surface area contributed by atoms with Crippen molar-refractivity contribution in [2.75, 3.05) is 26.2 Å². The lowest BCUT2D eigenvalue weighted by Crippen LogP contribution is -2.48. The van der Waals surface area contributed by atoms with E-state index in [1.165, 1.54) is 0 Å². The molecule has 0 aromatic heterocycles. The van der Waals surface area contributed by atoms with Gasteiger partial charge in [0, 0.05) is 26.2 Å². The predicted molar refractivity (Wildman–Crippen MR) is 77.9 cm³/mol. The highest BCUT2D eigenvalue weighted by Gasteiger charge is 2.45. The first-order valence-electron chi connectivity index (χ1n) is 7.85. The van der Waals surface area contributed by atoms with Crippen LogP contribution in [0.5, 0.6) is 0 Å². The molecule has 120 valence electrons. The Balaban J connectivity index is 1.92. The first-order chi connectivity index (χ1) is 9.89. The van der Waals surface area contributed by atoms with Crippen molar-refractivity contribution in [1.29, 1.82) is 0 Å². The number of carboxylic acids is 1. The van der Waals surface area contributed by atoms with Crippen molar-refractivity contribution in [3.63, 3.8) is 0 Å². The molecule has 2 aliphatic rings. The first-order valence-corrected chi connectivity index (χ1v) is 7.85. The molecule has 21 heavy (non-hydrogen) atoms. The zero-order chi connectivity index (χ0) is 15.6. The number of likely N-dealkylation sites (tertiary alicyclic amines) is 2. The molecule has 2 heterocycles. The maximum atomic E-state index is 12.5. The Morgan fingerprint density at radius 3 is 2.29 bits per heavy atom. The number of aliphatic carboxylic acids is 1. The normalized spacial score (nSPS) is 28.7. The van der Waals surface area contributed by atoms with Gasteiger partial charge in [-0.1, -0.05) is 6.92 Å². The molecule has 0 aliphatic carbocycles. The largest absolute Gasteiger partial charge is 0.481 e. The van der Waals surface area contributed by atoms with Gasteiger partial charge in [0.1, 0.15) is 0 Å². The molecule has 6 heteroatoms. The van der Waals surface area contributed by atoms with E-state index in [9.17, 15) is 19.8 Å². The number of carbonyl (C=O) groups is 2. The molecule has 0 radical (unpaired) electrons. The van der Waals surface area contributed by atoms with Crippen LogP contribution in [0.2, 0.25) is 0 Å². The molecule has 2 amide bonds. The lowest BCUT2D eigenvalue weighted by Gasteiger charge is -2.35. The van der Waals surface area contributed by atoms with Crippen molar-refractivity contribution in [3.05, 3.63) is 0 Å². The summed E-state index contributed by atoms with van der Waals surface area (Å²) in [5.74, 6) is -0.533. The molecule has 2 unspecified atom stereocenters. The number of piperidine rings is 1. The minimum absolute atomic E-state index is 0.0457. The Labute approximate surface area is 125 Å². The number of aliphatic hydroxyl groups is 1. The van der Waals surface area contributed by atoms with Crippen molar-refractivity contribution in [2.45, 2.75) is 45.6 Å². The van der Waals surface area contributed by atoms with Crippen LogP contribution in [0.4, 0.5) is 4.79 Å². The molecule has 2 atom stereocenters. The van der Waals surface area contributed by atoms with Crippen LogP contribution in [0.25, 0.3) is 0 Å². The van der Waals surface area contributed by atoms with E-state index in [1.807, 2.05) is 6.92 Å². The van der Waals surface area contributed by atoms with E-state index < -0.39 is 11.4 Å². The Bertz CT molecular complexity index is 404. The van der Waals surface area contributed by atoms with Crippen LogP contribution in [0.15, 0.2) is 0 Å². The lowest BCUT2D eigenvalue weighted by atomic mass is 9.84. The SMILES string of the molecule is CCC1(C(=O)O)CCN(C(=O)N2CCC(C(C)O)CC2)C1. The van der Waals surface area contributed by atoms with Gasteiger partial charge in [-0.25, -0.2) is 4.79 Å². The topological polar surface area (TPSA) is 81.1 Å². The molecular weight excluding hydrogens is 272 g/mol. The molecule has 6 nitrogen and oxygen atoms in total. The van der Waals surface area contributed by atoms with Gasteiger partial charge in [-0.2, -0.15) is 0 Å². The van der Waals surface area contributed by atoms with E-state index in [0.29, 0.717) is 39.0 Å². The Morgan fingerprint density at radius 2 is 1.86 bits per heavy atom. The monoisotopic (exact) mass is 298 g/mol. The molecule has 2 saturated heterocycles. The highest BCUT2D eigenvalue weighted by atomic mass is 16.4. The minimum Gasteiger partial charge on any atom is -0.481 e. The van der Waals surface area contributed by atoms with E-state index in [1.54, 1.807) is 16.7 Å². The molecule has 0 bridgehead atoms. The third-order valence-electron chi connectivity index (χ3n) is 5.25. The van der Waals surface area contributed by atoms with Gasteiger partial charge in [-0.3, -0.25) is 4.79 Å². The number of rotatable bonds is 3. The van der Waals surface area contributed by atoms with E-state index in [-0.39, 0.29) is 18.1 Å². The number of hydrogen-bond donors (Lipinski definition) is 2. The fraction of sp³-hybridized carbons (Fsp3) is 0.867. The average Bonchev–Trinajstić information content (AvgIpc) is 2.92. The summed E-state index contributed by atoms with van der Waals surface area (Å²) in [4.78, 5) is 27.4. The van der Waals surface area contributed by atoms with Gasteiger partial charge in [-0.15, -0.1) is 0 Å². The lowest BCUT2D eigenvalue weighted by molar-refractivity contribution is -0.148. The summed E-state index contributed by atoms with van der Waals surface area (Å²) >= 11 is 0. The summed E-state index contributed by atoms with van der Waals surface area (Å²) in [6.45, 7) is 5.80. The molecule has 0 saturated carbocycles. The molecule has 2 aliphatic heterocycles. The summed E-state index contributed by atoms with van der Waals surface area (Å²) in [7, 11) is 0. The summed E-state index contributed by atoms with van der Waals surface area (Å²) in [5.41, 5.74) is -0.770. The van der Waals surface area contributed by atoms with Crippen LogP contribution < -0.4 is 0 Å². The van der Waals surface area contributed by atoms with Crippen LogP contribution in [-0.4, -0.2) is 64.3 Å². The maximum Gasteiger partial charge on any atom is 0.320 e. The van der Waals surface area contributed by atoms with E-state index >= 15 is 0 Å². The van der Waals surface area contributed by atoms with Gasteiger partial charge in [0.15, 0.2) is 0 Å². The van der Waals surface area contributed by atoms with Crippen LogP contribution in [0, 0.1) is 11.3 Å². The third-order valence-corrected chi connectivity index (χ3v) is 5.25. The Morgan fingerprint density at radius 1 is 1.24 bits per heavy atom. The van der Waals surface area contributed by atoms with Crippen LogP contribution in [0.1, 0.15) is 39.5 Å². The fourth-order valence-electron chi connectivity index (χ4n) is 3.42. The highest BCUT2D eigenvalue weighted by Crippen LogP contribution is 2.35. The smallest absolute Gasteiger partial charge is 0.320 e. The molecule has 2 N–H and O–H groups in total. The second kappa shape index (κ2) is 6.22. The van der Waals surface area contributed by atoms with E-state index in [0.717, 1.165) is 12.8 Å². The number of aliphatic hydroxyl groups excluding tert-OH is 1. The van der Waals surface area contributed by atoms with Gasteiger partial charge in [-0.05, 0) is 38.5 Å². The van der Waals surface area contributed by atoms with Gasteiger partial charge in [0.2, 0.25) is 0 Å². The molecule has 2 fully saturated rings. The molecule has 0 aromatic rings. The van der Waals surface area contributed by atoms with Crippen molar-refractivity contribution < 1.29 is 19.8 Å². The number of carboxylic acid groups (broad SMARTS) is 1. The number of urea groups is 1. The molecule has 0 aromatic carbocycles. The van der Waals surface area contributed by atoms with Gasteiger partial charge < -0.3 is 20.0 Å². The quantitative estimate of drug-likeness (QED) is 0.825. The summed E-state index contributed by atoms with van der Waals surface area (Å²) in [5, 5.41) is 19.0. The second-order valence-corrected chi connectivity index (χ2v) is 6.46. The Kier molecular flexibility index (Phi) is 4.76. The predicted octanol–water partition coefficient (Wildman–Crippen LogP) is 1.39. The zero-order valence-corrected chi connectivity index (χ0v) is 12.9. The number of amides is 2. The number of hydrogen-bond acceptors (Lipinski definition) is 3. The summed E-state index contributed by atoms with van der Waals surface area (Å²) < 4.78 is 0. The molecular formula is C15H26N2O4. The van der Waals surface area contributed by atoms with Crippen molar-refractivity contribution in [2.24, 2.45) is 11.3 Å². The summed E-state index contributed by atoms with van der Waals surface area (Å²) in [6.07, 6.45) is 2.39. The van der Waals surface area contributed by atoms with Gasteiger partial charge in [0.05, 0.1) is 11.5 Å². The summed E-state index contributed by atoms with van der Waals surface area (Å²) in [6, 6.07) is -0.0457. The van der Waals surface area contributed by atoms with Crippen molar-refractivity contribution in [1.82, 2.24) is 9.80 Å². The van der Waals surface area contributed by atoms with E-state index in [2.05, 4.69) is 0 Å². The average molecular weight is 298 g/mol. The first kappa shape index (κ1) is 16.1. The third kappa shape index (κ3) is 3.15. The molecule has 0 spiro atoms. The van der Waals surface area contributed by atoms with Gasteiger partial charge in [0.25, 0.3) is 0 Å². The van der Waals surface area contributed by atoms with Crippen molar-refractivity contribution >= 4 is 12.0 Å². The Hall–Kier alpha value is -1.30. The second-order valence-electron chi connectivity index (χ2n) is 6.46.